The molecule has 0 N–H and O–H groups in total. The van der Waals surface area contributed by atoms with Crippen LogP contribution in [0.3, 0.4) is 0 Å². The number of hydrogen-bond acceptors (Lipinski definition) is 2. The van der Waals surface area contributed by atoms with Gasteiger partial charge in [0.2, 0.25) is 5.91 Å². The van der Waals surface area contributed by atoms with Crippen molar-refractivity contribution in [3.05, 3.63) is 29.8 Å². The second kappa shape index (κ2) is 5.47. The third-order valence-corrected chi connectivity index (χ3v) is 3.39. The van der Waals surface area contributed by atoms with Gasteiger partial charge in [-0.25, -0.2) is 8.78 Å². The lowest BCUT2D eigenvalue weighted by Crippen LogP contribution is -2.44. The monoisotopic (exact) mass is 267 g/mol. The predicted molar refractivity (Wildman–Crippen MR) is 66.7 cm³/mol. The van der Waals surface area contributed by atoms with Crippen LogP contribution in [0.2, 0.25) is 0 Å². The number of halogens is 2. The lowest BCUT2D eigenvalue weighted by Gasteiger charge is -2.31. The topological polar surface area (TPSA) is 37.4 Å². The quantitative estimate of drug-likeness (QED) is 0.790. The predicted octanol–water partition coefficient (Wildman–Crippen LogP) is 2.69. The molecule has 102 valence electrons. The average molecular weight is 267 g/mol. The van der Waals surface area contributed by atoms with Gasteiger partial charge in [-0.3, -0.25) is 9.59 Å². The number of rotatable bonds is 3. The normalized spacial score (nSPS) is 19.6. The molecule has 0 saturated carbocycles. The Balaban J connectivity index is 2.26. The fourth-order valence-electron chi connectivity index (χ4n) is 2.33. The van der Waals surface area contributed by atoms with Crippen molar-refractivity contribution in [2.24, 2.45) is 5.92 Å². The fraction of sp³-hybridized carbons (Fsp3) is 0.429. The highest BCUT2D eigenvalue weighted by Crippen LogP contribution is 2.26. The number of hydrogen-bond donors (Lipinski definition) is 0. The first kappa shape index (κ1) is 13.6. The maximum absolute atomic E-state index is 13.2. The Labute approximate surface area is 110 Å². The van der Waals surface area contributed by atoms with Gasteiger partial charge in [-0.15, -0.1) is 0 Å². The number of nitrogens with zero attached hydrogens (tertiary/aromatic N) is 1. The first-order chi connectivity index (χ1) is 9.04. The second-order valence-corrected chi connectivity index (χ2v) is 4.60. The highest BCUT2D eigenvalue weighted by molar-refractivity contribution is 6.08. The molecule has 2 rings (SSSR count). The number of carbonyl (C=O) groups excluding carboxylic acids is 2. The number of Topliss-reactive ketones (excluding diaryl/α,β-unsaturated/α-hetero) is 1. The van der Waals surface area contributed by atoms with Crippen molar-refractivity contribution < 1.29 is 18.4 Å². The summed E-state index contributed by atoms with van der Waals surface area (Å²) in [5, 5.41) is 0. The maximum atomic E-state index is 13.2. The smallest absolute Gasteiger partial charge is 0.237 e. The van der Waals surface area contributed by atoms with Gasteiger partial charge in [-0.1, -0.05) is 6.92 Å². The van der Waals surface area contributed by atoms with E-state index in [0.717, 1.165) is 12.1 Å². The van der Waals surface area contributed by atoms with Crippen molar-refractivity contribution in [2.45, 2.75) is 26.2 Å². The molecule has 5 heteroatoms. The summed E-state index contributed by atoms with van der Waals surface area (Å²) in [4.78, 5) is 25.3. The van der Waals surface area contributed by atoms with Gasteiger partial charge in [0.15, 0.2) is 11.6 Å². The first-order valence-corrected chi connectivity index (χ1v) is 6.33. The summed E-state index contributed by atoms with van der Waals surface area (Å²) in [5.74, 6) is -3.00. The summed E-state index contributed by atoms with van der Waals surface area (Å²) in [6, 6.07) is 3.34. The van der Waals surface area contributed by atoms with Crippen LogP contribution in [0.15, 0.2) is 18.2 Å². The molecule has 1 aliphatic rings. The van der Waals surface area contributed by atoms with E-state index in [-0.39, 0.29) is 11.7 Å². The molecule has 0 bridgehead atoms. The molecular weight excluding hydrogens is 252 g/mol. The minimum Gasteiger partial charge on any atom is -0.312 e. The van der Waals surface area contributed by atoms with E-state index in [1.165, 1.54) is 11.0 Å². The Hall–Kier alpha value is -1.78. The van der Waals surface area contributed by atoms with Gasteiger partial charge in [0.05, 0.1) is 5.92 Å². The lowest BCUT2D eigenvalue weighted by atomic mass is 9.91. The van der Waals surface area contributed by atoms with Gasteiger partial charge in [0.25, 0.3) is 0 Å². The molecule has 0 aliphatic carbocycles. The van der Waals surface area contributed by atoms with E-state index >= 15 is 0 Å². The molecular formula is C14H15F2NO2. The zero-order valence-electron chi connectivity index (χ0n) is 10.7. The summed E-state index contributed by atoms with van der Waals surface area (Å²) in [7, 11) is 0. The lowest BCUT2D eigenvalue weighted by molar-refractivity contribution is -0.133. The van der Waals surface area contributed by atoms with Crippen molar-refractivity contribution in [2.75, 3.05) is 11.4 Å². The number of benzene rings is 1. The Morgan fingerprint density at radius 3 is 2.74 bits per heavy atom. The molecule has 1 aliphatic heterocycles. The highest BCUT2D eigenvalue weighted by Gasteiger charge is 2.33. The minimum atomic E-state index is -0.991. The SMILES string of the molecule is CCC(=O)[C@H]1CCCN(c2ccc(F)c(F)c2)C1=O. The largest absolute Gasteiger partial charge is 0.312 e. The van der Waals surface area contributed by atoms with Crippen LogP contribution in [-0.4, -0.2) is 18.2 Å². The summed E-state index contributed by atoms with van der Waals surface area (Å²) >= 11 is 0. The van der Waals surface area contributed by atoms with Crippen LogP contribution in [0.25, 0.3) is 0 Å². The molecule has 1 aromatic rings. The van der Waals surface area contributed by atoms with E-state index in [1.54, 1.807) is 6.92 Å². The summed E-state index contributed by atoms with van der Waals surface area (Å²) < 4.78 is 26.1. The van der Waals surface area contributed by atoms with Gasteiger partial charge < -0.3 is 4.90 Å². The van der Waals surface area contributed by atoms with E-state index in [9.17, 15) is 18.4 Å². The summed E-state index contributed by atoms with van der Waals surface area (Å²) in [6.07, 6.45) is 1.52. The van der Waals surface area contributed by atoms with Crippen LogP contribution in [0.5, 0.6) is 0 Å². The van der Waals surface area contributed by atoms with Crippen molar-refractivity contribution in [1.82, 2.24) is 0 Å². The molecule has 1 fully saturated rings. The second-order valence-electron chi connectivity index (χ2n) is 4.60. The van der Waals surface area contributed by atoms with E-state index in [4.69, 9.17) is 0 Å². The Kier molecular flexibility index (Phi) is 3.93. The molecule has 0 radical (unpaired) electrons. The zero-order chi connectivity index (χ0) is 14.0. The molecule has 1 saturated heterocycles. The number of anilines is 1. The Morgan fingerprint density at radius 2 is 2.11 bits per heavy atom. The Bertz CT molecular complexity index is 516. The maximum Gasteiger partial charge on any atom is 0.237 e. The molecule has 1 atom stereocenters. The van der Waals surface area contributed by atoms with Gasteiger partial charge in [0, 0.05) is 24.7 Å². The number of ketones is 1. The molecule has 0 spiro atoms. The number of amides is 1. The van der Waals surface area contributed by atoms with Crippen LogP contribution >= 0.6 is 0 Å². The standard InChI is InChI=1S/C14H15F2NO2/c1-2-13(18)10-4-3-7-17(14(10)19)9-5-6-11(15)12(16)8-9/h5-6,8,10H,2-4,7H2,1H3/t10-/m1/s1. The van der Waals surface area contributed by atoms with Crippen LogP contribution in [-0.2, 0) is 9.59 Å². The minimum absolute atomic E-state index is 0.0997. The first-order valence-electron chi connectivity index (χ1n) is 6.33. The van der Waals surface area contributed by atoms with Crippen molar-refractivity contribution in [3.8, 4) is 0 Å². The van der Waals surface area contributed by atoms with Crippen LogP contribution in [0, 0.1) is 17.6 Å². The molecule has 0 unspecified atom stereocenters. The van der Waals surface area contributed by atoms with Gasteiger partial charge >= 0.3 is 0 Å². The summed E-state index contributed by atoms with van der Waals surface area (Å²) in [5.41, 5.74) is 0.303. The van der Waals surface area contributed by atoms with E-state index in [1.807, 2.05) is 0 Å². The van der Waals surface area contributed by atoms with E-state index < -0.39 is 17.6 Å². The van der Waals surface area contributed by atoms with Gasteiger partial charge in [-0.2, -0.15) is 0 Å². The van der Waals surface area contributed by atoms with Crippen LogP contribution in [0.4, 0.5) is 14.5 Å². The van der Waals surface area contributed by atoms with Crippen LogP contribution < -0.4 is 4.90 Å². The van der Waals surface area contributed by atoms with E-state index in [2.05, 4.69) is 0 Å². The van der Waals surface area contributed by atoms with Crippen molar-refractivity contribution in [1.29, 1.82) is 0 Å². The number of carbonyl (C=O) groups is 2. The van der Waals surface area contributed by atoms with Crippen molar-refractivity contribution in [3.63, 3.8) is 0 Å². The van der Waals surface area contributed by atoms with Gasteiger partial charge in [0.1, 0.15) is 5.78 Å². The van der Waals surface area contributed by atoms with Gasteiger partial charge in [-0.05, 0) is 25.0 Å². The van der Waals surface area contributed by atoms with Crippen LogP contribution in [0.1, 0.15) is 26.2 Å². The zero-order valence-corrected chi connectivity index (χ0v) is 10.7. The third-order valence-electron chi connectivity index (χ3n) is 3.39. The molecule has 19 heavy (non-hydrogen) atoms. The molecule has 0 aromatic heterocycles. The highest BCUT2D eigenvalue weighted by atomic mass is 19.2. The molecule has 1 heterocycles. The molecule has 3 nitrogen and oxygen atoms in total. The Morgan fingerprint density at radius 1 is 1.37 bits per heavy atom. The van der Waals surface area contributed by atoms with E-state index in [0.29, 0.717) is 31.5 Å². The fourth-order valence-corrected chi connectivity index (χ4v) is 2.33. The third kappa shape index (κ3) is 2.64. The molecule has 1 aromatic carbocycles. The average Bonchev–Trinajstić information content (AvgIpc) is 2.41. The number of piperidine rings is 1. The van der Waals surface area contributed by atoms with Crippen molar-refractivity contribution >= 4 is 17.4 Å². The summed E-state index contributed by atoms with van der Waals surface area (Å²) in [6.45, 7) is 2.14. The molecule has 1 amide bonds.